The average Bonchev–Trinajstić information content (AvgIpc) is 2.97. The van der Waals surface area contributed by atoms with Crippen LogP contribution in [0.15, 0.2) is 51.7 Å². The molecule has 5 atom stereocenters. The van der Waals surface area contributed by atoms with Crippen molar-refractivity contribution in [2.24, 2.45) is 0 Å². The smallest absolute Gasteiger partial charge is 0.338 e. The molecular weight excluding hydrogens is 592 g/mol. The maximum absolute atomic E-state index is 13.5. The minimum absolute atomic E-state index is 0.0612. The van der Waals surface area contributed by atoms with Gasteiger partial charge in [-0.1, -0.05) is 0 Å². The number of fused-ring (bicyclic) bond motifs is 1. The fraction of sp³-hybridized carbons (Fsp3) is 0.214. The predicted molar refractivity (Wildman–Crippen MR) is 144 cm³/mol. The summed E-state index contributed by atoms with van der Waals surface area (Å²) < 4.78 is 22.0. The number of phenolic OH excluding ortho intramolecular Hbond substituents is 7. The summed E-state index contributed by atoms with van der Waals surface area (Å²) in [6.45, 7) is -0.932. The number of aliphatic hydroxyl groups is 3. The van der Waals surface area contributed by atoms with Gasteiger partial charge >= 0.3 is 5.97 Å². The van der Waals surface area contributed by atoms with Crippen LogP contribution < -0.4 is 10.2 Å². The summed E-state index contributed by atoms with van der Waals surface area (Å²) >= 11 is 0. The summed E-state index contributed by atoms with van der Waals surface area (Å²) in [4.78, 5) is 26.2. The molecule has 4 aromatic rings. The van der Waals surface area contributed by atoms with E-state index in [-0.39, 0.29) is 11.1 Å². The van der Waals surface area contributed by atoms with Crippen molar-refractivity contribution in [2.45, 2.75) is 30.7 Å². The van der Waals surface area contributed by atoms with Gasteiger partial charge in [0.1, 0.15) is 40.8 Å². The van der Waals surface area contributed by atoms with Gasteiger partial charge in [-0.15, -0.1) is 0 Å². The van der Waals surface area contributed by atoms with Crippen LogP contribution in [-0.4, -0.2) is 94.3 Å². The van der Waals surface area contributed by atoms with Crippen molar-refractivity contribution in [2.75, 3.05) is 6.61 Å². The number of aromatic hydroxyl groups is 7. The molecule has 0 spiro atoms. The van der Waals surface area contributed by atoms with Crippen LogP contribution in [0.5, 0.6) is 46.0 Å². The van der Waals surface area contributed by atoms with E-state index in [2.05, 4.69) is 0 Å². The van der Waals surface area contributed by atoms with Gasteiger partial charge in [-0.3, -0.25) is 4.79 Å². The van der Waals surface area contributed by atoms with Crippen molar-refractivity contribution < 1.29 is 74.5 Å². The third-order valence-electron chi connectivity index (χ3n) is 6.76. The lowest BCUT2D eigenvalue weighted by Crippen LogP contribution is -2.61. The van der Waals surface area contributed by atoms with Crippen molar-refractivity contribution in [3.8, 4) is 57.3 Å². The fourth-order valence-corrected chi connectivity index (χ4v) is 4.56. The van der Waals surface area contributed by atoms with Crippen LogP contribution in [0.1, 0.15) is 10.4 Å². The Morgan fingerprint density at radius 1 is 0.818 bits per heavy atom. The van der Waals surface area contributed by atoms with E-state index in [4.69, 9.17) is 18.6 Å². The van der Waals surface area contributed by atoms with Crippen LogP contribution in [0, 0.1) is 0 Å². The molecule has 2 heterocycles. The summed E-state index contributed by atoms with van der Waals surface area (Å²) in [7, 11) is 0. The molecule has 0 bridgehead atoms. The van der Waals surface area contributed by atoms with Gasteiger partial charge in [0.15, 0.2) is 40.6 Å². The van der Waals surface area contributed by atoms with Crippen LogP contribution in [0.4, 0.5) is 0 Å². The quantitative estimate of drug-likeness (QED) is 0.104. The summed E-state index contributed by atoms with van der Waals surface area (Å²) in [6, 6.07) is 6.62. The predicted octanol–water partition coefficient (Wildman–Crippen LogP) is 0.443. The first-order valence-electron chi connectivity index (χ1n) is 12.6. The van der Waals surface area contributed by atoms with Crippen molar-refractivity contribution in [3.63, 3.8) is 0 Å². The number of aliphatic hydroxyl groups excluding tert-OH is 3. The summed E-state index contributed by atoms with van der Waals surface area (Å²) in [6.07, 6.45) is -9.44. The third-order valence-corrected chi connectivity index (χ3v) is 6.76. The highest BCUT2D eigenvalue weighted by Crippen LogP contribution is 2.40. The first kappa shape index (κ1) is 30.1. The van der Waals surface area contributed by atoms with E-state index in [0.717, 1.165) is 36.4 Å². The fourth-order valence-electron chi connectivity index (χ4n) is 4.56. The Kier molecular flexibility index (Phi) is 7.75. The Balaban J connectivity index is 1.51. The zero-order valence-corrected chi connectivity index (χ0v) is 22.1. The topological polar surface area (TPSA) is 277 Å². The van der Waals surface area contributed by atoms with Crippen LogP contribution in [0.25, 0.3) is 22.3 Å². The molecule has 0 aliphatic carbocycles. The maximum atomic E-state index is 13.5. The van der Waals surface area contributed by atoms with Gasteiger partial charge in [-0.05, 0) is 30.3 Å². The lowest BCUT2D eigenvalue weighted by molar-refractivity contribution is -0.277. The molecule has 232 valence electrons. The van der Waals surface area contributed by atoms with Crippen LogP contribution in [0.2, 0.25) is 0 Å². The number of carbonyl (C=O) groups is 1. The zero-order valence-electron chi connectivity index (χ0n) is 22.1. The second kappa shape index (κ2) is 11.3. The molecule has 44 heavy (non-hydrogen) atoms. The Morgan fingerprint density at radius 3 is 2.14 bits per heavy atom. The normalized spacial score (nSPS) is 21.7. The molecule has 1 aliphatic rings. The van der Waals surface area contributed by atoms with Gasteiger partial charge in [-0.25, -0.2) is 4.79 Å². The van der Waals surface area contributed by atoms with Gasteiger partial charge in [0, 0.05) is 17.7 Å². The molecule has 1 saturated heterocycles. The molecule has 16 heteroatoms. The van der Waals surface area contributed by atoms with E-state index in [1.165, 1.54) is 6.07 Å². The molecule has 0 radical (unpaired) electrons. The number of phenols is 7. The second-order valence-electron chi connectivity index (χ2n) is 9.69. The third kappa shape index (κ3) is 5.29. The SMILES string of the molecule is O=C(O[C@H]1[C@H](O)[C@@H](O)[C@H](Oc2c(-c3ccc(O)c(O)c3)oc3cc(O)cc(O)c3c2=O)O[C@@H]1CO)c1cc(O)c(O)c(O)c1. The Morgan fingerprint density at radius 2 is 1.50 bits per heavy atom. The van der Waals surface area contributed by atoms with Gasteiger partial charge in [-0.2, -0.15) is 0 Å². The number of benzene rings is 3. The lowest BCUT2D eigenvalue weighted by Gasteiger charge is -2.41. The van der Waals surface area contributed by atoms with Crippen LogP contribution in [-0.2, 0) is 9.47 Å². The molecule has 3 aromatic carbocycles. The molecule has 1 aromatic heterocycles. The van der Waals surface area contributed by atoms with E-state index in [0.29, 0.717) is 0 Å². The van der Waals surface area contributed by atoms with Crippen molar-refractivity contribution in [3.05, 3.63) is 58.3 Å². The van der Waals surface area contributed by atoms with E-state index in [1.54, 1.807) is 0 Å². The highest BCUT2D eigenvalue weighted by atomic mass is 16.7. The van der Waals surface area contributed by atoms with Gasteiger partial charge in [0.25, 0.3) is 0 Å². The van der Waals surface area contributed by atoms with E-state index >= 15 is 0 Å². The average molecular weight is 616 g/mol. The summed E-state index contributed by atoms with van der Waals surface area (Å²) in [5, 5.41) is 100.0. The Bertz CT molecular complexity index is 1790. The van der Waals surface area contributed by atoms with Gasteiger partial charge in [0.2, 0.25) is 17.5 Å². The zero-order chi connectivity index (χ0) is 32.0. The highest BCUT2D eigenvalue weighted by Gasteiger charge is 2.48. The van der Waals surface area contributed by atoms with Gasteiger partial charge in [0.05, 0.1) is 12.2 Å². The first-order valence-corrected chi connectivity index (χ1v) is 12.6. The number of hydrogen-bond donors (Lipinski definition) is 10. The number of esters is 1. The molecular formula is C28H24O16. The first-order chi connectivity index (χ1) is 20.8. The van der Waals surface area contributed by atoms with Crippen LogP contribution >= 0.6 is 0 Å². The van der Waals surface area contributed by atoms with E-state index in [1.807, 2.05) is 0 Å². The standard InChI is InChI=1S/C28H24O16/c29-8-18-25(43-27(40)10-4-15(34)20(36)16(35)5-10)22(38)23(39)28(42-18)44-26-21(37)19-14(33)6-11(30)7-17(19)41-24(26)9-1-2-12(31)13(32)3-9/h1-7,18,22-23,25,28-36,38-39H,8H2/t18-,22-,23-,25-,28+/m1/s1. The van der Waals surface area contributed by atoms with Crippen LogP contribution in [0.3, 0.4) is 0 Å². The van der Waals surface area contributed by atoms with E-state index < -0.39 is 111 Å². The van der Waals surface area contributed by atoms with Crippen molar-refractivity contribution >= 4 is 16.9 Å². The number of hydrogen-bond acceptors (Lipinski definition) is 16. The molecule has 5 rings (SSSR count). The minimum Gasteiger partial charge on any atom is -0.508 e. The number of ether oxygens (including phenoxy) is 3. The molecule has 0 amide bonds. The molecule has 1 fully saturated rings. The van der Waals surface area contributed by atoms with Crippen molar-refractivity contribution in [1.29, 1.82) is 0 Å². The molecule has 10 N–H and O–H groups in total. The largest absolute Gasteiger partial charge is 0.508 e. The Labute approximate surface area is 244 Å². The molecule has 1 aliphatic heterocycles. The second-order valence-corrected chi connectivity index (χ2v) is 9.69. The summed E-state index contributed by atoms with van der Waals surface area (Å²) in [5.41, 5.74) is -1.92. The number of carbonyl (C=O) groups excluding carboxylic acids is 1. The lowest BCUT2D eigenvalue weighted by atomic mass is 9.98. The molecule has 0 saturated carbocycles. The van der Waals surface area contributed by atoms with Crippen molar-refractivity contribution in [1.82, 2.24) is 0 Å². The van der Waals surface area contributed by atoms with E-state index in [9.17, 15) is 60.7 Å². The number of rotatable bonds is 6. The minimum atomic E-state index is -2.08. The summed E-state index contributed by atoms with van der Waals surface area (Å²) in [5.74, 6) is -7.40. The maximum Gasteiger partial charge on any atom is 0.338 e. The van der Waals surface area contributed by atoms with Gasteiger partial charge < -0.3 is 69.7 Å². The molecule has 0 unspecified atom stereocenters. The Hall–Kier alpha value is -5.42. The molecule has 16 nitrogen and oxygen atoms in total. The monoisotopic (exact) mass is 616 g/mol. The highest BCUT2D eigenvalue weighted by molar-refractivity contribution is 5.91.